The number of thioether (sulfide) groups is 1. The standard InChI is InChI=1S/C27H38N4O6S2/c1-3-16-38-25(19(2)32)27(35)30-22(17-20-10-5-4-6-11-20)26(34)29-21-12-9-15-31(18-23(21)33)39(36,37)24-13-7-8-14-28-24/h3,7-8,13-14,16,20-22,32H,4-6,9-12,15,17-18H2,1-2H3,(H,29,34)(H,30,35)/b16-3-,25-19+/t21?,22-/m0/s1. The lowest BCUT2D eigenvalue weighted by Crippen LogP contribution is -2.53. The van der Waals surface area contributed by atoms with Gasteiger partial charge < -0.3 is 15.7 Å². The summed E-state index contributed by atoms with van der Waals surface area (Å²) in [6.45, 7) is 2.96. The van der Waals surface area contributed by atoms with Crippen LogP contribution >= 0.6 is 11.8 Å². The molecule has 3 rings (SSSR count). The Balaban J connectivity index is 1.73. The number of pyridine rings is 1. The molecule has 0 radical (unpaired) electrons. The first-order chi connectivity index (χ1) is 18.6. The quantitative estimate of drug-likeness (QED) is 0.283. The molecule has 2 aliphatic rings. The molecule has 1 saturated heterocycles. The number of aliphatic hydroxyl groups is 1. The lowest BCUT2D eigenvalue weighted by Gasteiger charge is -2.28. The van der Waals surface area contributed by atoms with E-state index in [0.29, 0.717) is 12.8 Å². The van der Waals surface area contributed by atoms with E-state index in [1.807, 2.05) is 0 Å². The van der Waals surface area contributed by atoms with Crippen molar-refractivity contribution in [3.05, 3.63) is 46.5 Å². The maximum Gasteiger partial charge on any atom is 0.262 e. The zero-order chi connectivity index (χ0) is 28.4. The topological polar surface area (TPSA) is 146 Å². The molecule has 0 spiro atoms. The normalized spacial score (nSPS) is 21.2. The molecule has 0 aromatic carbocycles. The van der Waals surface area contributed by atoms with Gasteiger partial charge in [0.05, 0.1) is 12.6 Å². The summed E-state index contributed by atoms with van der Waals surface area (Å²) in [5.74, 6) is -1.36. The molecular formula is C27H38N4O6S2. The predicted octanol–water partition coefficient (Wildman–Crippen LogP) is 3.43. The molecule has 0 bridgehead atoms. The van der Waals surface area contributed by atoms with Gasteiger partial charge in [0.2, 0.25) is 5.91 Å². The third-order valence-electron chi connectivity index (χ3n) is 6.95. The number of ketones is 1. The van der Waals surface area contributed by atoms with E-state index in [4.69, 9.17) is 0 Å². The van der Waals surface area contributed by atoms with Crippen molar-refractivity contribution < 1.29 is 27.9 Å². The summed E-state index contributed by atoms with van der Waals surface area (Å²) in [5, 5.41) is 17.1. The van der Waals surface area contributed by atoms with Crippen LogP contribution in [0.5, 0.6) is 0 Å². The molecule has 2 amide bonds. The Hall–Kier alpha value is -2.70. The molecule has 1 aliphatic heterocycles. The lowest BCUT2D eigenvalue weighted by atomic mass is 9.84. The Labute approximate surface area is 234 Å². The number of Topliss-reactive ketones (excluding diaryl/α,β-unsaturated/α-hetero) is 1. The fraction of sp³-hybridized carbons (Fsp3) is 0.556. The number of rotatable bonds is 10. The second-order valence-electron chi connectivity index (χ2n) is 9.94. The Morgan fingerprint density at radius 1 is 1.21 bits per heavy atom. The van der Waals surface area contributed by atoms with Gasteiger partial charge in [-0.05, 0) is 56.6 Å². The van der Waals surface area contributed by atoms with Crippen LogP contribution < -0.4 is 10.6 Å². The summed E-state index contributed by atoms with van der Waals surface area (Å²) in [6, 6.07) is 2.79. The average molecular weight is 579 g/mol. The molecule has 214 valence electrons. The highest BCUT2D eigenvalue weighted by molar-refractivity contribution is 8.06. The number of nitrogens with one attached hydrogen (secondary N) is 2. The van der Waals surface area contributed by atoms with Crippen LogP contribution in [0.2, 0.25) is 0 Å². The second-order valence-corrected chi connectivity index (χ2v) is 12.7. The van der Waals surface area contributed by atoms with Crippen LogP contribution in [-0.4, -0.2) is 65.6 Å². The van der Waals surface area contributed by atoms with Crippen molar-refractivity contribution in [2.45, 2.75) is 82.3 Å². The summed E-state index contributed by atoms with van der Waals surface area (Å²) in [4.78, 5) is 43.6. The van der Waals surface area contributed by atoms with E-state index in [-0.39, 0.29) is 41.1 Å². The van der Waals surface area contributed by atoms with Crippen LogP contribution in [0.15, 0.2) is 51.6 Å². The van der Waals surface area contributed by atoms with Crippen LogP contribution in [0.3, 0.4) is 0 Å². The van der Waals surface area contributed by atoms with Crippen LogP contribution in [-0.2, 0) is 24.4 Å². The van der Waals surface area contributed by atoms with Crippen molar-refractivity contribution in [1.82, 2.24) is 19.9 Å². The van der Waals surface area contributed by atoms with Crippen LogP contribution in [0, 0.1) is 5.92 Å². The highest BCUT2D eigenvalue weighted by atomic mass is 32.2. The van der Waals surface area contributed by atoms with Gasteiger partial charge in [0.15, 0.2) is 10.8 Å². The molecule has 3 N–H and O–H groups in total. The molecule has 12 heteroatoms. The summed E-state index contributed by atoms with van der Waals surface area (Å²) in [5.41, 5.74) is 0. The summed E-state index contributed by atoms with van der Waals surface area (Å²) in [6.07, 6.45) is 9.37. The van der Waals surface area contributed by atoms with Crippen LogP contribution in [0.4, 0.5) is 0 Å². The molecule has 1 aliphatic carbocycles. The Morgan fingerprint density at radius 3 is 2.59 bits per heavy atom. The van der Waals surface area contributed by atoms with Gasteiger partial charge in [-0.15, -0.1) is 0 Å². The number of hydrogen-bond acceptors (Lipinski definition) is 8. The first-order valence-electron chi connectivity index (χ1n) is 13.4. The maximum absolute atomic E-state index is 13.5. The van der Waals surface area contributed by atoms with Crippen molar-refractivity contribution in [2.75, 3.05) is 13.1 Å². The monoisotopic (exact) mass is 578 g/mol. The van der Waals surface area contributed by atoms with Gasteiger partial charge >= 0.3 is 0 Å². The van der Waals surface area contributed by atoms with Crippen molar-refractivity contribution in [3.8, 4) is 0 Å². The van der Waals surface area contributed by atoms with Crippen LogP contribution in [0.1, 0.15) is 65.2 Å². The van der Waals surface area contributed by atoms with Gasteiger partial charge in [0.25, 0.3) is 15.9 Å². The van der Waals surface area contributed by atoms with Crippen molar-refractivity contribution >= 4 is 39.4 Å². The Bertz CT molecular complexity index is 1180. The minimum atomic E-state index is -3.95. The number of allylic oxidation sites excluding steroid dienone is 2. The number of sulfonamides is 1. The molecule has 1 unspecified atom stereocenters. The van der Waals surface area contributed by atoms with E-state index >= 15 is 0 Å². The van der Waals surface area contributed by atoms with Gasteiger partial charge in [0.1, 0.15) is 16.7 Å². The van der Waals surface area contributed by atoms with Gasteiger partial charge in [-0.1, -0.05) is 56.0 Å². The minimum Gasteiger partial charge on any atom is -0.511 e. The Kier molecular flexibility index (Phi) is 11.6. The molecule has 2 heterocycles. The van der Waals surface area contributed by atoms with Crippen molar-refractivity contribution in [3.63, 3.8) is 0 Å². The zero-order valence-electron chi connectivity index (χ0n) is 22.5. The molecule has 1 aromatic heterocycles. The smallest absolute Gasteiger partial charge is 0.262 e. The summed E-state index contributed by atoms with van der Waals surface area (Å²) < 4.78 is 27.1. The number of nitrogens with zero attached hydrogens (tertiary/aromatic N) is 2. The summed E-state index contributed by atoms with van der Waals surface area (Å²) in [7, 11) is -3.95. The molecule has 1 aromatic rings. The van der Waals surface area contributed by atoms with E-state index in [9.17, 15) is 27.9 Å². The lowest BCUT2D eigenvalue weighted by molar-refractivity contribution is -0.131. The van der Waals surface area contributed by atoms with E-state index in [0.717, 1.165) is 48.2 Å². The number of carbonyl (C=O) groups is 3. The number of aliphatic hydroxyl groups excluding tert-OH is 1. The number of aromatic nitrogens is 1. The molecular weight excluding hydrogens is 540 g/mol. The van der Waals surface area contributed by atoms with Crippen molar-refractivity contribution in [1.29, 1.82) is 0 Å². The van der Waals surface area contributed by atoms with E-state index < -0.39 is 39.7 Å². The van der Waals surface area contributed by atoms with Gasteiger partial charge in [-0.25, -0.2) is 13.4 Å². The second kappa shape index (κ2) is 14.6. The average Bonchev–Trinajstić information content (AvgIpc) is 3.11. The first kappa shape index (κ1) is 30.8. The Morgan fingerprint density at radius 2 is 1.95 bits per heavy atom. The van der Waals surface area contributed by atoms with Crippen molar-refractivity contribution in [2.24, 2.45) is 5.92 Å². The summed E-state index contributed by atoms with van der Waals surface area (Å²) >= 11 is 1.06. The number of carbonyl (C=O) groups excluding carboxylic acids is 3. The molecule has 10 nitrogen and oxygen atoms in total. The fourth-order valence-electron chi connectivity index (χ4n) is 4.91. The molecule has 2 fully saturated rings. The minimum absolute atomic E-state index is 0.0930. The highest BCUT2D eigenvalue weighted by Gasteiger charge is 2.35. The molecule has 39 heavy (non-hydrogen) atoms. The van der Waals surface area contributed by atoms with E-state index in [2.05, 4.69) is 15.6 Å². The highest BCUT2D eigenvalue weighted by Crippen LogP contribution is 2.28. The van der Waals surface area contributed by atoms with Gasteiger partial charge in [-0.2, -0.15) is 4.31 Å². The fourth-order valence-corrected chi connectivity index (χ4v) is 6.89. The van der Waals surface area contributed by atoms with E-state index in [1.165, 1.54) is 19.2 Å². The molecule has 1 saturated carbocycles. The number of amides is 2. The van der Waals surface area contributed by atoms with Gasteiger partial charge in [-0.3, -0.25) is 14.4 Å². The van der Waals surface area contributed by atoms with Crippen LogP contribution in [0.25, 0.3) is 0 Å². The zero-order valence-corrected chi connectivity index (χ0v) is 24.1. The largest absolute Gasteiger partial charge is 0.511 e. The third-order valence-corrected chi connectivity index (χ3v) is 9.84. The predicted molar refractivity (Wildman–Crippen MR) is 150 cm³/mol. The first-order valence-corrected chi connectivity index (χ1v) is 15.7. The third kappa shape index (κ3) is 8.64. The van der Waals surface area contributed by atoms with Gasteiger partial charge in [0, 0.05) is 12.7 Å². The maximum atomic E-state index is 13.5. The molecule has 2 atom stereocenters. The SMILES string of the molecule is C/C=C\S/C(C(=O)N[C@@H](CC1CCCCC1)C(=O)NC1CCCN(S(=O)(=O)c2ccccn2)CC1=O)=C(\C)O. The van der Waals surface area contributed by atoms with E-state index in [1.54, 1.807) is 30.5 Å². The number of hydrogen-bond donors (Lipinski definition) is 3.